The van der Waals surface area contributed by atoms with E-state index in [4.69, 9.17) is 9.05 Å². The molecule has 0 fully saturated rings. The van der Waals surface area contributed by atoms with Crippen molar-refractivity contribution in [3.05, 3.63) is 97.2 Å². The van der Waals surface area contributed by atoms with Crippen molar-refractivity contribution in [2.75, 3.05) is 40.9 Å². The van der Waals surface area contributed by atoms with Crippen LogP contribution >= 0.6 is 7.82 Å². The van der Waals surface area contributed by atoms with E-state index in [2.05, 4.69) is 104 Å². The predicted octanol–water partition coefficient (Wildman–Crippen LogP) is 17.6. The average molecular weight is 1030 g/mol. The van der Waals surface area contributed by atoms with Gasteiger partial charge in [0.25, 0.3) is 7.82 Å². The van der Waals surface area contributed by atoms with Gasteiger partial charge >= 0.3 is 0 Å². The van der Waals surface area contributed by atoms with Gasteiger partial charge in [-0.15, -0.1) is 0 Å². The van der Waals surface area contributed by atoms with Crippen LogP contribution < -0.4 is 10.2 Å². The number of amides is 1. The number of hydrogen-bond donors (Lipinski definition) is 2. The number of phosphoric ester groups is 1. The summed E-state index contributed by atoms with van der Waals surface area (Å²) in [7, 11) is 1.23. The van der Waals surface area contributed by atoms with Crippen molar-refractivity contribution < 1.29 is 32.9 Å². The molecule has 0 spiro atoms. The van der Waals surface area contributed by atoms with E-state index in [1.54, 1.807) is 6.08 Å². The molecule has 0 saturated heterocycles. The molecule has 0 radical (unpaired) electrons. The van der Waals surface area contributed by atoms with E-state index in [-0.39, 0.29) is 12.5 Å². The van der Waals surface area contributed by atoms with E-state index in [0.29, 0.717) is 17.4 Å². The summed E-state index contributed by atoms with van der Waals surface area (Å²) in [5.41, 5.74) is 0. The summed E-state index contributed by atoms with van der Waals surface area (Å²) < 4.78 is 23.3. The highest BCUT2D eigenvalue weighted by Gasteiger charge is 2.23. The Morgan fingerprint density at radius 3 is 1.29 bits per heavy atom. The van der Waals surface area contributed by atoms with E-state index in [0.717, 1.165) is 89.9 Å². The van der Waals surface area contributed by atoms with Gasteiger partial charge in [0.2, 0.25) is 5.91 Å². The quantitative estimate of drug-likeness (QED) is 0.0272. The van der Waals surface area contributed by atoms with Crippen molar-refractivity contribution in [1.82, 2.24) is 5.32 Å². The minimum Gasteiger partial charge on any atom is -0.756 e. The summed E-state index contributed by atoms with van der Waals surface area (Å²) in [4.78, 5) is 25.5. The number of unbranched alkanes of at least 4 members (excludes halogenated alkanes) is 26. The zero-order valence-corrected chi connectivity index (χ0v) is 48.2. The molecule has 0 aliphatic heterocycles. The van der Waals surface area contributed by atoms with Crippen LogP contribution in [0.5, 0.6) is 0 Å². The number of nitrogens with one attached hydrogen (secondary N) is 1. The van der Waals surface area contributed by atoms with Crippen molar-refractivity contribution >= 4 is 13.7 Å². The topological polar surface area (TPSA) is 108 Å². The summed E-state index contributed by atoms with van der Waals surface area (Å²) in [5, 5.41) is 13.9. The molecule has 0 aliphatic rings. The van der Waals surface area contributed by atoms with E-state index in [1.165, 1.54) is 135 Å². The number of carbonyl (C=O) groups excluding carboxylic acids is 1. The number of phosphoric acid groups is 1. The highest BCUT2D eigenvalue weighted by molar-refractivity contribution is 7.45. The normalized spacial score (nSPS) is 14.6. The Morgan fingerprint density at radius 2 is 0.861 bits per heavy atom. The molecule has 0 saturated carbocycles. The number of nitrogens with zero attached hydrogens (tertiary/aromatic N) is 1. The molecule has 416 valence electrons. The van der Waals surface area contributed by atoms with Gasteiger partial charge in [-0.1, -0.05) is 252 Å². The Hall–Kier alpha value is -2.58. The number of rotatable bonds is 53. The molecule has 0 aromatic rings. The van der Waals surface area contributed by atoms with Gasteiger partial charge < -0.3 is 28.8 Å². The summed E-state index contributed by atoms with van der Waals surface area (Å²) in [6.07, 6.45) is 76.3. The third kappa shape index (κ3) is 55.2. The van der Waals surface area contributed by atoms with Gasteiger partial charge in [0.05, 0.1) is 39.9 Å². The molecule has 0 bridgehead atoms. The van der Waals surface area contributed by atoms with Crippen LogP contribution in [0.15, 0.2) is 97.2 Å². The highest BCUT2D eigenvalue weighted by Crippen LogP contribution is 2.38. The second-order valence-corrected chi connectivity index (χ2v) is 22.4. The molecule has 3 unspecified atom stereocenters. The Kier molecular flexibility index (Phi) is 51.3. The van der Waals surface area contributed by atoms with Crippen LogP contribution in [0, 0.1) is 0 Å². The number of allylic oxidation sites excluding steroid dienone is 15. The van der Waals surface area contributed by atoms with Crippen LogP contribution in [0.1, 0.15) is 245 Å². The molecule has 9 heteroatoms. The lowest BCUT2D eigenvalue weighted by atomic mass is 10.0. The van der Waals surface area contributed by atoms with Gasteiger partial charge in [0, 0.05) is 6.42 Å². The van der Waals surface area contributed by atoms with Crippen LogP contribution in [0.25, 0.3) is 0 Å². The summed E-state index contributed by atoms with van der Waals surface area (Å²) in [5.74, 6) is -0.218. The van der Waals surface area contributed by atoms with E-state index < -0.39 is 26.6 Å². The fraction of sp³-hybridized carbons (Fsp3) is 0.730. The summed E-state index contributed by atoms with van der Waals surface area (Å²) in [6, 6.07) is -0.916. The number of aliphatic hydroxyl groups excluding tert-OH is 1. The lowest BCUT2D eigenvalue weighted by Gasteiger charge is -2.29. The molecule has 3 atom stereocenters. The Morgan fingerprint density at radius 1 is 0.500 bits per heavy atom. The largest absolute Gasteiger partial charge is 0.756 e. The molecule has 2 N–H and O–H groups in total. The summed E-state index contributed by atoms with van der Waals surface area (Å²) in [6.45, 7) is 4.52. The fourth-order valence-electron chi connectivity index (χ4n) is 8.17. The third-order valence-electron chi connectivity index (χ3n) is 12.8. The fourth-order valence-corrected chi connectivity index (χ4v) is 8.90. The van der Waals surface area contributed by atoms with Crippen LogP contribution in [0.3, 0.4) is 0 Å². The SMILES string of the molecule is CC/C=C\C/C=C\C/C=C\C/C=C\C/C=C\C/C=C\CCCCCCCCCCC(=O)NC(COP(=O)([O-])OCC[N+](C)(C)C)C(O)/C=C/CC/C=C/CCCCCCCCCCCCCCCCCCC. The monoisotopic (exact) mass is 1020 g/mol. The van der Waals surface area contributed by atoms with Crippen molar-refractivity contribution in [3.63, 3.8) is 0 Å². The maximum absolute atomic E-state index is 13.0. The van der Waals surface area contributed by atoms with Crippen molar-refractivity contribution in [3.8, 4) is 0 Å². The first-order valence-electron chi connectivity index (χ1n) is 29.6. The number of carbonyl (C=O) groups is 1. The average Bonchev–Trinajstić information content (AvgIpc) is 3.34. The van der Waals surface area contributed by atoms with Gasteiger partial charge in [0.1, 0.15) is 13.2 Å². The van der Waals surface area contributed by atoms with E-state index in [1.807, 2.05) is 27.2 Å². The van der Waals surface area contributed by atoms with Crippen LogP contribution in [0.2, 0.25) is 0 Å². The first-order chi connectivity index (χ1) is 35.0. The van der Waals surface area contributed by atoms with Gasteiger partial charge in [0.15, 0.2) is 0 Å². The Labute approximate surface area is 445 Å². The Bertz CT molecular complexity index is 1490. The molecular weight excluding hydrogens is 912 g/mol. The maximum Gasteiger partial charge on any atom is 0.268 e. The predicted molar refractivity (Wildman–Crippen MR) is 311 cm³/mol. The zero-order valence-electron chi connectivity index (χ0n) is 47.4. The third-order valence-corrected chi connectivity index (χ3v) is 13.7. The second kappa shape index (κ2) is 53.3. The number of aliphatic hydroxyl groups is 1. The molecule has 72 heavy (non-hydrogen) atoms. The smallest absolute Gasteiger partial charge is 0.268 e. The molecular formula is C63H113N2O6P. The first-order valence-corrected chi connectivity index (χ1v) is 31.1. The van der Waals surface area contributed by atoms with Crippen LogP contribution in [0.4, 0.5) is 0 Å². The minimum atomic E-state index is -4.62. The van der Waals surface area contributed by atoms with Crippen LogP contribution in [-0.4, -0.2) is 68.5 Å². The van der Waals surface area contributed by atoms with Crippen molar-refractivity contribution in [2.45, 2.75) is 257 Å². The lowest BCUT2D eigenvalue weighted by molar-refractivity contribution is -0.870. The van der Waals surface area contributed by atoms with E-state index >= 15 is 0 Å². The second-order valence-electron chi connectivity index (χ2n) is 21.0. The zero-order chi connectivity index (χ0) is 52.7. The van der Waals surface area contributed by atoms with Gasteiger partial charge in [-0.25, -0.2) is 0 Å². The van der Waals surface area contributed by atoms with Crippen molar-refractivity contribution in [1.29, 1.82) is 0 Å². The number of likely N-dealkylation sites (N-methyl/N-ethyl adjacent to an activating group) is 1. The highest BCUT2D eigenvalue weighted by atomic mass is 31.2. The molecule has 0 rings (SSSR count). The van der Waals surface area contributed by atoms with Crippen LogP contribution in [-0.2, 0) is 18.4 Å². The number of hydrogen-bond acceptors (Lipinski definition) is 6. The molecule has 0 aromatic heterocycles. The number of quaternary nitrogens is 1. The molecule has 0 aromatic carbocycles. The Balaban J connectivity index is 4.29. The summed E-state index contributed by atoms with van der Waals surface area (Å²) >= 11 is 0. The van der Waals surface area contributed by atoms with Gasteiger partial charge in [-0.3, -0.25) is 9.36 Å². The molecule has 0 heterocycles. The van der Waals surface area contributed by atoms with E-state index in [9.17, 15) is 19.4 Å². The minimum absolute atomic E-state index is 0.0128. The molecule has 1 amide bonds. The standard InChI is InChI=1S/C63H113N2O6P/c1-6-8-10-12-14-16-18-20-22-24-26-28-30-31-32-33-35-37-39-41-43-45-47-49-51-53-55-57-63(67)64-61(60-71-72(68,69)70-59-58-65(3,4)5)62(66)56-54-52-50-48-46-44-42-40-38-36-34-29-27-25-23-21-19-17-15-13-11-9-7-2/h8,10,14,16,20,22,26,28,31-32,35,37,46,48,54,56,61-62,66H,6-7,9,11-13,15,17-19,21,23-25,27,29-30,33-34,36,38-45,47,49-53,55,57-60H2,1-5H3,(H-,64,67,68,69)/b10-8-,16-14-,22-20-,28-26-,32-31-,37-35-,48-46+,56-54+. The molecule has 0 aliphatic carbocycles. The van der Waals surface area contributed by atoms with Gasteiger partial charge in [-0.2, -0.15) is 0 Å². The molecule has 8 nitrogen and oxygen atoms in total. The van der Waals surface area contributed by atoms with Crippen molar-refractivity contribution in [2.24, 2.45) is 0 Å². The maximum atomic E-state index is 13.0. The first kappa shape index (κ1) is 69.4. The van der Waals surface area contributed by atoms with Gasteiger partial charge in [-0.05, 0) is 83.5 Å². The lowest BCUT2D eigenvalue weighted by Crippen LogP contribution is -2.45.